The van der Waals surface area contributed by atoms with Gasteiger partial charge in [-0.05, 0) is 56.3 Å². The van der Waals surface area contributed by atoms with Crippen molar-refractivity contribution >= 4 is 5.82 Å². The van der Waals surface area contributed by atoms with Gasteiger partial charge >= 0.3 is 0 Å². The second kappa shape index (κ2) is 7.07. The molecular formula is C17H29N3. The maximum absolute atomic E-state index is 4.76. The average Bonchev–Trinajstić information content (AvgIpc) is 2.85. The number of hydrogen-bond acceptors (Lipinski definition) is 3. The molecule has 1 aromatic heterocycles. The molecule has 20 heavy (non-hydrogen) atoms. The largest absolute Gasteiger partial charge is 0.354 e. The molecule has 0 bridgehead atoms. The number of pyridine rings is 1. The molecule has 3 heteroatoms. The number of aryl methyl sites for hydroxylation is 1. The molecule has 0 aromatic carbocycles. The Morgan fingerprint density at radius 2 is 2.20 bits per heavy atom. The molecule has 1 fully saturated rings. The molecule has 0 spiro atoms. The first kappa shape index (κ1) is 15.3. The number of anilines is 1. The first-order chi connectivity index (χ1) is 9.60. The number of aromatic nitrogens is 1. The van der Waals surface area contributed by atoms with Gasteiger partial charge in [0.25, 0.3) is 0 Å². The molecule has 0 radical (unpaired) electrons. The van der Waals surface area contributed by atoms with Gasteiger partial charge in [0.05, 0.1) is 0 Å². The van der Waals surface area contributed by atoms with Gasteiger partial charge < -0.3 is 10.2 Å². The molecule has 2 rings (SSSR count). The minimum atomic E-state index is 0.681. The fraction of sp³-hybridized carbons (Fsp3) is 0.706. The fourth-order valence-corrected chi connectivity index (χ4v) is 3.04. The third kappa shape index (κ3) is 3.95. The van der Waals surface area contributed by atoms with Crippen molar-refractivity contribution in [2.45, 2.75) is 59.5 Å². The van der Waals surface area contributed by atoms with Crippen LogP contribution in [0.4, 0.5) is 5.82 Å². The molecule has 112 valence electrons. The SMILES string of the molecule is CCC1CCCN1c1cc(CNCC(C)C)cc(C)n1. The Labute approximate surface area is 123 Å². The highest BCUT2D eigenvalue weighted by atomic mass is 15.2. The molecule has 1 saturated heterocycles. The van der Waals surface area contributed by atoms with Gasteiger partial charge in [0.15, 0.2) is 0 Å². The Balaban J connectivity index is 2.08. The zero-order chi connectivity index (χ0) is 14.5. The van der Waals surface area contributed by atoms with Gasteiger partial charge in [-0.3, -0.25) is 0 Å². The number of hydrogen-bond donors (Lipinski definition) is 1. The average molecular weight is 275 g/mol. The van der Waals surface area contributed by atoms with E-state index in [1.807, 2.05) is 0 Å². The van der Waals surface area contributed by atoms with Crippen LogP contribution in [-0.4, -0.2) is 24.1 Å². The summed E-state index contributed by atoms with van der Waals surface area (Å²) in [4.78, 5) is 7.25. The minimum Gasteiger partial charge on any atom is -0.354 e. The molecule has 1 aliphatic rings. The Hall–Kier alpha value is -1.09. The lowest BCUT2D eigenvalue weighted by Crippen LogP contribution is -2.29. The topological polar surface area (TPSA) is 28.2 Å². The Morgan fingerprint density at radius 3 is 2.90 bits per heavy atom. The summed E-state index contributed by atoms with van der Waals surface area (Å²) in [6.07, 6.45) is 3.83. The minimum absolute atomic E-state index is 0.681. The van der Waals surface area contributed by atoms with Crippen molar-refractivity contribution in [2.24, 2.45) is 5.92 Å². The van der Waals surface area contributed by atoms with Crippen molar-refractivity contribution in [1.82, 2.24) is 10.3 Å². The maximum atomic E-state index is 4.76. The Morgan fingerprint density at radius 1 is 1.40 bits per heavy atom. The van der Waals surface area contributed by atoms with Gasteiger partial charge in [0.1, 0.15) is 5.82 Å². The number of nitrogens with zero attached hydrogens (tertiary/aromatic N) is 2. The van der Waals surface area contributed by atoms with Gasteiger partial charge in [0, 0.05) is 24.8 Å². The van der Waals surface area contributed by atoms with Crippen molar-refractivity contribution < 1.29 is 0 Å². The van der Waals surface area contributed by atoms with E-state index >= 15 is 0 Å². The first-order valence-corrected chi connectivity index (χ1v) is 8.05. The highest BCUT2D eigenvalue weighted by molar-refractivity contribution is 5.44. The molecule has 1 aromatic rings. The first-order valence-electron chi connectivity index (χ1n) is 8.05. The van der Waals surface area contributed by atoms with Crippen molar-refractivity contribution in [3.8, 4) is 0 Å². The van der Waals surface area contributed by atoms with Gasteiger partial charge in [-0.15, -0.1) is 0 Å². The summed E-state index contributed by atoms with van der Waals surface area (Å²) in [5.41, 5.74) is 2.49. The zero-order valence-electron chi connectivity index (χ0n) is 13.4. The van der Waals surface area contributed by atoms with Crippen LogP contribution < -0.4 is 10.2 Å². The molecule has 1 unspecified atom stereocenters. The standard InChI is InChI=1S/C17H29N3/c1-5-16-7-6-8-20(16)17-10-15(9-14(4)19-17)12-18-11-13(2)3/h9-10,13,16,18H,5-8,11-12H2,1-4H3. The third-order valence-corrected chi connectivity index (χ3v) is 4.02. The highest BCUT2D eigenvalue weighted by Crippen LogP contribution is 2.26. The molecule has 1 N–H and O–H groups in total. The highest BCUT2D eigenvalue weighted by Gasteiger charge is 2.24. The second-order valence-corrected chi connectivity index (χ2v) is 6.40. The van der Waals surface area contributed by atoms with E-state index in [-0.39, 0.29) is 0 Å². The molecule has 3 nitrogen and oxygen atoms in total. The molecule has 0 amide bonds. The normalized spacial score (nSPS) is 19.1. The van der Waals surface area contributed by atoms with Gasteiger partial charge in [-0.1, -0.05) is 20.8 Å². The van der Waals surface area contributed by atoms with Crippen LogP contribution in [0.5, 0.6) is 0 Å². The molecule has 1 aliphatic heterocycles. The van der Waals surface area contributed by atoms with E-state index in [4.69, 9.17) is 4.98 Å². The van der Waals surface area contributed by atoms with Crippen molar-refractivity contribution in [1.29, 1.82) is 0 Å². The van der Waals surface area contributed by atoms with Crippen LogP contribution in [0.3, 0.4) is 0 Å². The summed E-state index contributed by atoms with van der Waals surface area (Å²) >= 11 is 0. The quantitative estimate of drug-likeness (QED) is 0.861. The number of rotatable bonds is 6. The lowest BCUT2D eigenvalue weighted by molar-refractivity contribution is 0.552. The van der Waals surface area contributed by atoms with Crippen molar-refractivity contribution in [3.05, 3.63) is 23.4 Å². The van der Waals surface area contributed by atoms with Gasteiger partial charge in [-0.25, -0.2) is 4.98 Å². The summed E-state index contributed by atoms with van der Waals surface area (Å²) in [6, 6.07) is 5.16. The van der Waals surface area contributed by atoms with Crippen LogP contribution >= 0.6 is 0 Å². The van der Waals surface area contributed by atoms with Crippen LogP contribution in [0.15, 0.2) is 12.1 Å². The van der Waals surface area contributed by atoms with Crippen molar-refractivity contribution in [3.63, 3.8) is 0 Å². The van der Waals surface area contributed by atoms with E-state index in [9.17, 15) is 0 Å². The third-order valence-electron chi connectivity index (χ3n) is 4.02. The van der Waals surface area contributed by atoms with E-state index in [0.717, 1.165) is 25.3 Å². The molecule has 0 saturated carbocycles. The molecule has 1 atom stereocenters. The molecule has 2 heterocycles. The lowest BCUT2D eigenvalue weighted by Gasteiger charge is -2.25. The maximum Gasteiger partial charge on any atom is 0.129 e. The Bertz CT molecular complexity index is 428. The molecular weight excluding hydrogens is 246 g/mol. The van der Waals surface area contributed by atoms with E-state index in [1.165, 1.54) is 30.6 Å². The van der Waals surface area contributed by atoms with E-state index in [1.54, 1.807) is 0 Å². The van der Waals surface area contributed by atoms with Crippen LogP contribution in [0.25, 0.3) is 0 Å². The fourth-order valence-electron chi connectivity index (χ4n) is 3.04. The predicted molar refractivity (Wildman–Crippen MR) is 86.2 cm³/mol. The van der Waals surface area contributed by atoms with E-state index in [2.05, 4.69) is 50.0 Å². The lowest BCUT2D eigenvalue weighted by atomic mass is 10.1. The zero-order valence-corrected chi connectivity index (χ0v) is 13.4. The van der Waals surface area contributed by atoms with Gasteiger partial charge in [-0.2, -0.15) is 0 Å². The van der Waals surface area contributed by atoms with E-state index < -0.39 is 0 Å². The smallest absolute Gasteiger partial charge is 0.129 e. The second-order valence-electron chi connectivity index (χ2n) is 6.40. The predicted octanol–water partition coefficient (Wildman–Crippen LogP) is 3.51. The summed E-state index contributed by atoms with van der Waals surface area (Å²) in [7, 11) is 0. The molecule has 0 aliphatic carbocycles. The van der Waals surface area contributed by atoms with Crippen LogP contribution in [0.2, 0.25) is 0 Å². The monoisotopic (exact) mass is 275 g/mol. The van der Waals surface area contributed by atoms with Crippen LogP contribution in [0, 0.1) is 12.8 Å². The summed E-state index contributed by atoms with van der Waals surface area (Å²) in [5.74, 6) is 1.87. The van der Waals surface area contributed by atoms with Crippen LogP contribution in [-0.2, 0) is 6.54 Å². The van der Waals surface area contributed by atoms with Crippen LogP contribution in [0.1, 0.15) is 51.3 Å². The van der Waals surface area contributed by atoms with E-state index in [0.29, 0.717) is 12.0 Å². The van der Waals surface area contributed by atoms with Gasteiger partial charge in [0.2, 0.25) is 0 Å². The summed E-state index contributed by atoms with van der Waals surface area (Å²) in [6.45, 7) is 12.0. The summed E-state index contributed by atoms with van der Waals surface area (Å²) < 4.78 is 0. The Kier molecular flexibility index (Phi) is 5.41. The van der Waals surface area contributed by atoms with Crippen molar-refractivity contribution in [2.75, 3.05) is 18.0 Å². The number of nitrogens with one attached hydrogen (secondary N) is 1. The summed E-state index contributed by atoms with van der Waals surface area (Å²) in [5, 5.41) is 3.53.